The van der Waals surface area contributed by atoms with Gasteiger partial charge in [0.15, 0.2) is 6.61 Å². The highest BCUT2D eigenvalue weighted by molar-refractivity contribution is 8.00. The molecule has 6 heteroatoms. The molecule has 1 amide bonds. The van der Waals surface area contributed by atoms with Crippen molar-refractivity contribution in [2.75, 3.05) is 11.9 Å². The van der Waals surface area contributed by atoms with Gasteiger partial charge in [0.1, 0.15) is 5.25 Å². The lowest BCUT2D eigenvalue weighted by molar-refractivity contribution is -0.146. The number of anilines is 1. The van der Waals surface area contributed by atoms with Gasteiger partial charge in [0.2, 0.25) is 0 Å². The van der Waals surface area contributed by atoms with Crippen molar-refractivity contribution in [2.45, 2.75) is 24.0 Å². The maximum atomic E-state index is 12.0. The SMILES string of the molecule is Cc1ccc(Cl)cc1NC(=O)COC(=O)[C@H](C)Sc1ccccc1. The second kappa shape index (κ2) is 8.76. The van der Waals surface area contributed by atoms with Crippen LogP contribution in [0, 0.1) is 6.92 Å². The van der Waals surface area contributed by atoms with Crippen molar-refractivity contribution in [3.63, 3.8) is 0 Å². The average molecular weight is 364 g/mol. The highest BCUT2D eigenvalue weighted by Gasteiger charge is 2.17. The Bertz CT molecular complexity index is 721. The maximum Gasteiger partial charge on any atom is 0.319 e. The van der Waals surface area contributed by atoms with Gasteiger partial charge < -0.3 is 10.1 Å². The smallest absolute Gasteiger partial charge is 0.319 e. The van der Waals surface area contributed by atoms with E-state index in [-0.39, 0.29) is 6.61 Å². The number of esters is 1. The molecule has 0 heterocycles. The van der Waals surface area contributed by atoms with E-state index in [1.807, 2.05) is 43.3 Å². The van der Waals surface area contributed by atoms with Gasteiger partial charge in [-0.2, -0.15) is 0 Å². The summed E-state index contributed by atoms with van der Waals surface area (Å²) in [5.41, 5.74) is 1.49. The second-order valence-corrected chi connectivity index (χ2v) is 7.04. The van der Waals surface area contributed by atoms with Crippen LogP contribution in [-0.2, 0) is 14.3 Å². The highest BCUT2D eigenvalue weighted by atomic mass is 35.5. The van der Waals surface area contributed by atoms with Crippen LogP contribution in [0.5, 0.6) is 0 Å². The molecule has 0 aromatic heterocycles. The molecule has 0 radical (unpaired) electrons. The Labute approximate surface area is 150 Å². The molecule has 0 aliphatic heterocycles. The van der Waals surface area contributed by atoms with Gasteiger partial charge in [-0.1, -0.05) is 35.9 Å². The monoisotopic (exact) mass is 363 g/mol. The molecule has 0 aliphatic rings. The van der Waals surface area contributed by atoms with E-state index in [1.165, 1.54) is 11.8 Å². The first-order chi connectivity index (χ1) is 11.5. The van der Waals surface area contributed by atoms with Crippen molar-refractivity contribution < 1.29 is 14.3 Å². The number of hydrogen-bond donors (Lipinski definition) is 1. The van der Waals surface area contributed by atoms with Crippen LogP contribution in [0.1, 0.15) is 12.5 Å². The Hall–Kier alpha value is -1.98. The lowest BCUT2D eigenvalue weighted by Gasteiger charge is -2.12. The Morgan fingerprint density at radius 1 is 1.21 bits per heavy atom. The van der Waals surface area contributed by atoms with E-state index in [1.54, 1.807) is 19.1 Å². The first-order valence-electron chi connectivity index (χ1n) is 7.40. The Morgan fingerprint density at radius 2 is 1.92 bits per heavy atom. The van der Waals surface area contributed by atoms with Gasteiger partial charge in [-0.3, -0.25) is 9.59 Å². The lowest BCUT2D eigenvalue weighted by atomic mass is 10.2. The Morgan fingerprint density at radius 3 is 2.62 bits per heavy atom. The highest BCUT2D eigenvalue weighted by Crippen LogP contribution is 2.23. The number of rotatable bonds is 6. The van der Waals surface area contributed by atoms with Crippen LogP contribution in [-0.4, -0.2) is 23.7 Å². The van der Waals surface area contributed by atoms with Crippen LogP contribution in [0.3, 0.4) is 0 Å². The molecule has 2 aromatic carbocycles. The first-order valence-corrected chi connectivity index (χ1v) is 8.66. The largest absolute Gasteiger partial charge is 0.455 e. The summed E-state index contributed by atoms with van der Waals surface area (Å²) in [6.45, 7) is 3.28. The van der Waals surface area contributed by atoms with E-state index in [2.05, 4.69) is 5.32 Å². The standard InChI is InChI=1S/C18H18ClNO3S/c1-12-8-9-14(19)10-16(12)20-17(21)11-23-18(22)13(2)24-15-6-4-3-5-7-15/h3-10,13H,11H2,1-2H3,(H,20,21)/t13-/m0/s1. The zero-order chi connectivity index (χ0) is 17.5. The van der Waals surface area contributed by atoms with Gasteiger partial charge in [0.25, 0.3) is 5.91 Å². The number of thioether (sulfide) groups is 1. The molecule has 126 valence electrons. The number of aryl methyl sites for hydroxylation is 1. The number of halogens is 1. The molecule has 0 saturated carbocycles. The van der Waals surface area contributed by atoms with Gasteiger partial charge in [-0.15, -0.1) is 11.8 Å². The van der Waals surface area contributed by atoms with Crippen molar-refractivity contribution in [3.05, 3.63) is 59.1 Å². The summed E-state index contributed by atoms with van der Waals surface area (Å²) in [4.78, 5) is 24.9. The van der Waals surface area contributed by atoms with Crippen molar-refractivity contribution in [1.29, 1.82) is 0 Å². The first kappa shape index (κ1) is 18.4. The van der Waals surface area contributed by atoms with Crippen molar-refractivity contribution in [3.8, 4) is 0 Å². The molecule has 0 saturated heterocycles. The molecule has 0 unspecified atom stereocenters. The minimum absolute atomic E-state index is 0.329. The minimum atomic E-state index is -0.429. The number of nitrogens with one attached hydrogen (secondary N) is 1. The van der Waals surface area contributed by atoms with Gasteiger partial charge in [0.05, 0.1) is 0 Å². The van der Waals surface area contributed by atoms with Crippen molar-refractivity contribution in [1.82, 2.24) is 0 Å². The summed E-state index contributed by atoms with van der Waals surface area (Å²) >= 11 is 7.29. The summed E-state index contributed by atoms with van der Waals surface area (Å²) in [7, 11) is 0. The predicted molar refractivity (Wildman–Crippen MR) is 97.5 cm³/mol. The maximum absolute atomic E-state index is 12.0. The summed E-state index contributed by atoms with van der Waals surface area (Å²) < 4.78 is 5.08. The van der Waals surface area contributed by atoms with Gasteiger partial charge in [-0.25, -0.2) is 0 Å². The van der Waals surface area contributed by atoms with Gasteiger partial charge >= 0.3 is 5.97 Å². The molecule has 2 rings (SSSR count). The Balaban J connectivity index is 1.82. The molecule has 2 aromatic rings. The number of carbonyl (C=O) groups excluding carboxylic acids is 2. The number of amides is 1. The van der Waals surface area contributed by atoms with E-state index in [0.29, 0.717) is 10.7 Å². The number of carbonyl (C=O) groups is 2. The van der Waals surface area contributed by atoms with E-state index < -0.39 is 17.1 Å². The predicted octanol–water partition coefficient (Wildman–Crippen LogP) is 4.31. The van der Waals surface area contributed by atoms with E-state index in [4.69, 9.17) is 16.3 Å². The molecular formula is C18H18ClNO3S. The zero-order valence-corrected chi connectivity index (χ0v) is 15.0. The van der Waals surface area contributed by atoms with Gasteiger partial charge in [0, 0.05) is 15.6 Å². The second-order valence-electron chi connectivity index (χ2n) is 5.19. The van der Waals surface area contributed by atoms with Crippen molar-refractivity contribution in [2.24, 2.45) is 0 Å². The number of benzene rings is 2. The molecular weight excluding hydrogens is 346 g/mol. The van der Waals surface area contributed by atoms with Crippen LogP contribution in [0.15, 0.2) is 53.4 Å². The fourth-order valence-corrected chi connectivity index (χ4v) is 2.98. The van der Waals surface area contributed by atoms with Crippen LogP contribution < -0.4 is 5.32 Å². The third kappa shape index (κ3) is 5.58. The van der Waals surface area contributed by atoms with E-state index >= 15 is 0 Å². The molecule has 24 heavy (non-hydrogen) atoms. The topological polar surface area (TPSA) is 55.4 Å². The number of ether oxygens (including phenoxy) is 1. The van der Waals surface area contributed by atoms with E-state index in [9.17, 15) is 9.59 Å². The van der Waals surface area contributed by atoms with Crippen LogP contribution >= 0.6 is 23.4 Å². The fourth-order valence-electron chi connectivity index (χ4n) is 1.92. The lowest BCUT2D eigenvalue weighted by Crippen LogP contribution is -2.25. The Kier molecular flexibility index (Phi) is 6.70. The minimum Gasteiger partial charge on any atom is -0.455 e. The van der Waals surface area contributed by atoms with Gasteiger partial charge in [-0.05, 0) is 43.7 Å². The quantitative estimate of drug-likeness (QED) is 0.613. The molecule has 0 aliphatic carbocycles. The van der Waals surface area contributed by atoms with Crippen LogP contribution in [0.4, 0.5) is 5.69 Å². The summed E-state index contributed by atoms with van der Waals surface area (Å²) in [6, 6.07) is 14.8. The van der Waals surface area contributed by atoms with E-state index in [0.717, 1.165) is 10.5 Å². The summed E-state index contributed by atoms with van der Waals surface area (Å²) in [6.07, 6.45) is 0. The third-order valence-corrected chi connectivity index (χ3v) is 4.53. The number of hydrogen-bond acceptors (Lipinski definition) is 4. The molecule has 1 N–H and O–H groups in total. The normalized spacial score (nSPS) is 11.6. The van der Waals surface area contributed by atoms with Crippen LogP contribution in [0.25, 0.3) is 0 Å². The fraction of sp³-hybridized carbons (Fsp3) is 0.222. The molecule has 0 bridgehead atoms. The average Bonchev–Trinajstić information content (AvgIpc) is 2.57. The van der Waals surface area contributed by atoms with Crippen LogP contribution in [0.2, 0.25) is 5.02 Å². The van der Waals surface area contributed by atoms with Crippen molar-refractivity contribution >= 4 is 40.9 Å². The summed E-state index contributed by atoms with van der Waals surface area (Å²) in [5, 5.41) is 2.82. The molecule has 4 nitrogen and oxygen atoms in total. The molecule has 0 fully saturated rings. The molecule has 0 spiro atoms. The third-order valence-electron chi connectivity index (χ3n) is 3.21. The molecule has 1 atom stereocenters. The zero-order valence-electron chi connectivity index (χ0n) is 13.4. The summed E-state index contributed by atoms with van der Waals surface area (Å²) in [5.74, 6) is -0.826.